The molecule has 6 rings (SSSR count). The van der Waals surface area contributed by atoms with Crippen molar-refractivity contribution in [2.75, 3.05) is 18.5 Å². The second-order valence-corrected chi connectivity index (χ2v) is 7.77. The Hall–Kier alpha value is -3.88. The molecule has 0 spiro atoms. The molecule has 0 radical (unpaired) electrons. The van der Waals surface area contributed by atoms with Crippen LogP contribution in [0.4, 0.5) is 10.2 Å². The standard InChI is InChI=1S/C22H18FN5O3/c1-27-5-4-12(6-19(27)29)14-7-18-22(28-11-25-26-21(14)28)24-8-15-16(23)2-3-17-20(15)13(9-30-17)10-31-18/h2-7,11,13,24H,8-10H2,1H3/t13-/m0/s1. The molecule has 0 aliphatic carbocycles. The molecule has 31 heavy (non-hydrogen) atoms. The summed E-state index contributed by atoms with van der Waals surface area (Å²) in [6, 6.07) is 8.37. The van der Waals surface area contributed by atoms with Gasteiger partial charge in [-0.2, -0.15) is 0 Å². The van der Waals surface area contributed by atoms with Crippen LogP contribution in [0.15, 0.2) is 47.7 Å². The van der Waals surface area contributed by atoms with Crippen molar-refractivity contribution in [2.24, 2.45) is 7.05 Å². The minimum atomic E-state index is -0.276. The van der Waals surface area contributed by atoms with Crippen LogP contribution in [0.5, 0.6) is 11.5 Å². The van der Waals surface area contributed by atoms with Crippen LogP contribution < -0.4 is 20.3 Å². The van der Waals surface area contributed by atoms with Crippen LogP contribution in [0.3, 0.4) is 0 Å². The van der Waals surface area contributed by atoms with E-state index in [2.05, 4.69) is 15.5 Å². The van der Waals surface area contributed by atoms with Crippen molar-refractivity contribution in [1.82, 2.24) is 19.2 Å². The topological polar surface area (TPSA) is 82.7 Å². The molecule has 4 aromatic rings. The maximum absolute atomic E-state index is 14.7. The number of hydrogen-bond donors (Lipinski definition) is 1. The maximum atomic E-state index is 14.7. The van der Waals surface area contributed by atoms with Gasteiger partial charge >= 0.3 is 0 Å². The second-order valence-electron chi connectivity index (χ2n) is 7.77. The number of nitrogens with one attached hydrogen (secondary N) is 1. The first-order valence-corrected chi connectivity index (χ1v) is 9.94. The highest BCUT2D eigenvalue weighted by Gasteiger charge is 2.31. The van der Waals surface area contributed by atoms with Crippen LogP contribution in [0.2, 0.25) is 0 Å². The highest BCUT2D eigenvalue weighted by Crippen LogP contribution is 2.41. The molecular weight excluding hydrogens is 401 g/mol. The van der Waals surface area contributed by atoms with Crippen molar-refractivity contribution < 1.29 is 13.9 Å². The Morgan fingerprint density at radius 2 is 2.00 bits per heavy atom. The second kappa shape index (κ2) is 6.56. The molecule has 156 valence electrons. The van der Waals surface area contributed by atoms with Crippen molar-refractivity contribution in [3.8, 4) is 22.6 Å². The average molecular weight is 419 g/mol. The largest absolute Gasteiger partial charge is 0.493 e. The van der Waals surface area contributed by atoms with Crippen molar-refractivity contribution in [1.29, 1.82) is 0 Å². The number of fused-ring (bicyclic) bond motifs is 3. The van der Waals surface area contributed by atoms with E-state index in [4.69, 9.17) is 9.47 Å². The quantitative estimate of drug-likeness (QED) is 0.511. The van der Waals surface area contributed by atoms with Gasteiger partial charge in [0.2, 0.25) is 0 Å². The maximum Gasteiger partial charge on any atom is 0.250 e. The van der Waals surface area contributed by atoms with Crippen molar-refractivity contribution >= 4 is 11.5 Å². The highest BCUT2D eigenvalue weighted by molar-refractivity contribution is 5.81. The Labute approximate surface area is 175 Å². The molecule has 1 atom stereocenters. The van der Waals surface area contributed by atoms with Gasteiger partial charge in [-0.1, -0.05) is 0 Å². The third-order valence-electron chi connectivity index (χ3n) is 5.93. The monoisotopic (exact) mass is 419 g/mol. The number of ether oxygens (including phenoxy) is 2. The number of anilines is 1. The van der Waals surface area contributed by atoms with Gasteiger partial charge in [-0.3, -0.25) is 9.20 Å². The van der Waals surface area contributed by atoms with E-state index in [0.717, 1.165) is 11.1 Å². The van der Waals surface area contributed by atoms with E-state index in [0.29, 0.717) is 47.3 Å². The molecule has 0 saturated heterocycles. The van der Waals surface area contributed by atoms with E-state index in [1.54, 1.807) is 36.1 Å². The smallest absolute Gasteiger partial charge is 0.250 e. The summed E-state index contributed by atoms with van der Waals surface area (Å²) in [4.78, 5) is 12.2. The third kappa shape index (κ3) is 2.69. The van der Waals surface area contributed by atoms with E-state index in [-0.39, 0.29) is 23.8 Å². The average Bonchev–Trinajstić information content (AvgIpc) is 3.41. The first kappa shape index (κ1) is 17.9. The number of rotatable bonds is 1. The fourth-order valence-electron chi connectivity index (χ4n) is 4.31. The number of aromatic nitrogens is 4. The lowest BCUT2D eigenvalue weighted by Gasteiger charge is -2.16. The molecule has 0 amide bonds. The summed E-state index contributed by atoms with van der Waals surface area (Å²) >= 11 is 0. The Kier molecular flexibility index (Phi) is 3.80. The van der Waals surface area contributed by atoms with Crippen LogP contribution in [-0.4, -0.2) is 32.4 Å². The lowest BCUT2D eigenvalue weighted by molar-refractivity contribution is 0.249. The summed E-state index contributed by atoms with van der Waals surface area (Å²) in [7, 11) is 1.70. The zero-order valence-electron chi connectivity index (χ0n) is 16.6. The lowest BCUT2D eigenvalue weighted by Crippen LogP contribution is -2.14. The molecule has 2 aliphatic rings. The Morgan fingerprint density at radius 1 is 1.16 bits per heavy atom. The zero-order chi connectivity index (χ0) is 21.1. The summed E-state index contributed by atoms with van der Waals surface area (Å²) in [5, 5.41) is 11.6. The molecular formula is C22H18FN5O3. The number of halogens is 1. The fourth-order valence-corrected chi connectivity index (χ4v) is 4.31. The van der Waals surface area contributed by atoms with Gasteiger partial charge in [-0.25, -0.2) is 4.39 Å². The van der Waals surface area contributed by atoms with Crippen LogP contribution in [-0.2, 0) is 13.6 Å². The van der Waals surface area contributed by atoms with E-state index in [1.165, 1.54) is 10.6 Å². The molecule has 0 unspecified atom stereocenters. The van der Waals surface area contributed by atoms with Gasteiger partial charge in [0.05, 0.1) is 19.1 Å². The van der Waals surface area contributed by atoms with E-state index in [1.807, 2.05) is 12.1 Å². The van der Waals surface area contributed by atoms with Gasteiger partial charge in [0.1, 0.15) is 17.9 Å². The number of aryl methyl sites for hydroxylation is 1. The number of nitrogens with zero attached hydrogens (tertiary/aromatic N) is 4. The molecule has 5 heterocycles. The van der Waals surface area contributed by atoms with Crippen LogP contribution >= 0.6 is 0 Å². The van der Waals surface area contributed by atoms with Crippen molar-refractivity contribution in [2.45, 2.75) is 12.5 Å². The van der Waals surface area contributed by atoms with Crippen LogP contribution in [0.1, 0.15) is 17.0 Å². The van der Waals surface area contributed by atoms with E-state index in [9.17, 15) is 9.18 Å². The first-order valence-electron chi connectivity index (χ1n) is 9.94. The van der Waals surface area contributed by atoms with Gasteiger partial charge in [0.25, 0.3) is 5.56 Å². The third-order valence-corrected chi connectivity index (χ3v) is 5.93. The summed E-state index contributed by atoms with van der Waals surface area (Å²) < 4.78 is 29.9. The normalized spacial score (nSPS) is 16.9. The summed E-state index contributed by atoms with van der Waals surface area (Å²) in [5.74, 6) is 1.56. The molecule has 8 nitrogen and oxygen atoms in total. The van der Waals surface area contributed by atoms with Crippen LogP contribution in [0, 0.1) is 5.82 Å². The number of benzene rings is 1. The molecule has 0 bridgehead atoms. The lowest BCUT2D eigenvalue weighted by atomic mass is 9.96. The van der Waals surface area contributed by atoms with Crippen LogP contribution in [0.25, 0.3) is 16.8 Å². The molecule has 0 fully saturated rings. The molecule has 2 aliphatic heterocycles. The molecule has 1 aromatic carbocycles. The predicted octanol–water partition coefficient (Wildman–Crippen LogP) is 2.71. The van der Waals surface area contributed by atoms with Gasteiger partial charge in [-0.15, -0.1) is 10.2 Å². The van der Waals surface area contributed by atoms with Gasteiger partial charge < -0.3 is 19.4 Å². The Morgan fingerprint density at radius 3 is 2.84 bits per heavy atom. The fraction of sp³-hybridized carbons (Fsp3) is 0.227. The highest BCUT2D eigenvalue weighted by atomic mass is 19.1. The molecule has 1 N–H and O–H groups in total. The predicted molar refractivity (Wildman–Crippen MR) is 111 cm³/mol. The van der Waals surface area contributed by atoms with Gasteiger partial charge in [0, 0.05) is 42.5 Å². The molecule has 9 heteroatoms. The zero-order valence-corrected chi connectivity index (χ0v) is 16.6. The SMILES string of the molecule is Cn1ccc(-c2cc3c(n4cnnc24)NCc2c(F)ccc4c2[C@@H](CO4)CO3)cc1=O. The minimum absolute atomic E-state index is 0.0717. The van der Waals surface area contributed by atoms with E-state index < -0.39 is 0 Å². The first-order chi connectivity index (χ1) is 15.1. The van der Waals surface area contributed by atoms with Crippen molar-refractivity contribution in [3.05, 3.63) is 70.2 Å². The van der Waals surface area contributed by atoms with Gasteiger partial charge in [-0.05, 0) is 29.8 Å². The number of hydrogen-bond acceptors (Lipinski definition) is 6. The molecule has 0 saturated carbocycles. The Balaban J connectivity index is 1.52. The van der Waals surface area contributed by atoms with Crippen molar-refractivity contribution in [3.63, 3.8) is 0 Å². The summed E-state index contributed by atoms with van der Waals surface area (Å²) in [5.41, 5.74) is 3.32. The number of pyridine rings is 2. The minimum Gasteiger partial charge on any atom is -0.493 e. The summed E-state index contributed by atoms with van der Waals surface area (Å²) in [6.07, 6.45) is 3.29. The van der Waals surface area contributed by atoms with E-state index >= 15 is 0 Å². The van der Waals surface area contributed by atoms with Gasteiger partial charge in [0.15, 0.2) is 17.2 Å². The summed E-state index contributed by atoms with van der Waals surface area (Å²) in [6.45, 7) is 1.04. The molecule has 3 aromatic heterocycles. The Bertz CT molecular complexity index is 1410.